The smallest absolute Gasteiger partial charge is 0.242 e. The van der Waals surface area contributed by atoms with E-state index in [1.54, 1.807) is 4.90 Å². The first-order valence-corrected chi connectivity index (χ1v) is 9.71. The van der Waals surface area contributed by atoms with Crippen LogP contribution < -0.4 is 4.72 Å². The van der Waals surface area contributed by atoms with Crippen molar-refractivity contribution in [3.05, 3.63) is 28.2 Å². The molecule has 0 spiro atoms. The summed E-state index contributed by atoms with van der Waals surface area (Å²) in [5.41, 5.74) is 0. The van der Waals surface area contributed by atoms with Gasteiger partial charge in [0, 0.05) is 30.1 Å². The van der Waals surface area contributed by atoms with Crippen LogP contribution >= 0.6 is 23.2 Å². The van der Waals surface area contributed by atoms with Crippen molar-refractivity contribution in [2.45, 2.75) is 37.6 Å². The lowest BCUT2D eigenvalue weighted by Gasteiger charge is -2.34. The van der Waals surface area contributed by atoms with Gasteiger partial charge in [0.15, 0.2) is 0 Å². The molecule has 0 bridgehead atoms. The number of hydrogen-bond donors (Lipinski definition) is 1. The van der Waals surface area contributed by atoms with Gasteiger partial charge >= 0.3 is 0 Å². The van der Waals surface area contributed by atoms with Gasteiger partial charge in [-0.05, 0) is 31.0 Å². The number of nitrogens with one attached hydrogen (secondary N) is 1. The zero-order chi connectivity index (χ0) is 17.2. The lowest BCUT2D eigenvalue weighted by molar-refractivity contribution is -0.135. The Morgan fingerprint density at radius 3 is 2.70 bits per heavy atom. The van der Waals surface area contributed by atoms with Crippen LogP contribution in [-0.4, -0.2) is 38.4 Å². The number of hydrogen-bond acceptors (Lipinski definition) is 3. The minimum Gasteiger partial charge on any atom is -0.341 e. The summed E-state index contributed by atoms with van der Waals surface area (Å²) in [5.74, 6) is -0.0672. The van der Waals surface area contributed by atoms with Gasteiger partial charge < -0.3 is 4.90 Å². The van der Waals surface area contributed by atoms with E-state index >= 15 is 0 Å². The maximum Gasteiger partial charge on any atom is 0.242 e. The van der Waals surface area contributed by atoms with E-state index < -0.39 is 10.0 Å². The summed E-state index contributed by atoms with van der Waals surface area (Å²) in [6, 6.07) is 3.98. The third-order valence-electron chi connectivity index (χ3n) is 3.73. The molecule has 1 aromatic rings. The number of sulfonamides is 1. The van der Waals surface area contributed by atoms with E-state index in [1.807, 2.05) is 13.8 Å². The highest BCUT2D eigenvalue weighted by atomic mass is 35.5. The molecule has 0 radical (unpaired) electrons. The highest BCUT2D eigenvalue weighted by Crippen LogP contribution is 2.25. The summed E-state index contributed by atoms with van der Waals surface area (Å²) in [6.07, 6.45) is 1.44. The molecule has 1 saturated heterocycles. The molecular weight excluding hydrogens is 359 g/mol. The third kappa shape index (κ3) is 4.59. The number of halogens is 2. The van der Waals surface area contributed by atoms with E-state index in [0.29, 0.717) is 24.5 Å². The van der Waals surface area contributed by atoms with Crippen LogP contribution in [0.3, 0.4) is 0 Å². The van der Waals surface area contributed by atoms with Crippen LogP contribution in [0.15, 0.2) is 23.1 Å². The van der Waals surface area contributed by atoms with Gasteiger partial charge in [-0.1, -0.05) is 37.0 Å². The molecule has 1 aromatic carbocycles. The number of carbonyl (C=O) groups excluding carboxylic acids is 1. The van der Waals surface area contributed by atoms with Crippen molar-refractivity contribution >= 4 is 39.1 Å². The Morgan fingerprint density at radius 2 is 2.04 bits per heavy atom. The maximum absolute atomic E-state index is 12.5. The normalized spacial score (nSPS) is 19.2. The van der Waals surface area contributed by atoms with Gasteiger partial charge in [0.05, 0.1) is 5.02 Å². The average Bonchev–Trinajstić information content (AvgIpc) is 2.48. The molecule has 1 fully saturated rings. The standard InChI is InChI=1S/C15H20Cl2N2O3S/c1-10(2)15(20)19-7-3-4-12(9-19)18-23(21,22)14-8-11(16)5-6-13(14)17/h5-6,8,10,12,18H,3-4,7,9H2,1-2H3. The molecule has 128 valence electrons. The highest BCUT2D eigenvalue weighted by molar-refractivity contribution is 7.89. The summed E-state index contributed by atoms with van der Waals surface area (Å²) in [5, 5.41) is 0.419. The van der Waals surface area contributed by atoms with E-state index in [2.05, 4.69) is 4.72 Å². The molecule has 1 aliphatic heterocycles. The Labute approximate surface area is 147 Å². The number of carbonyl (C=O) groups is 1. The molecule has 1 heterocycles. The Kier molecular flexibility index (Phi) is 5.94. The van der Waals surface area contributed by atoms with Crippen LogP contribution in [0.4, 0.5) is 0 Å². The predicted molar refractivity (Wildman–Crippen MR) is 91.2 cm³/mol. The van der Waals surface area contributed by atoms with Crippen molar-refractivity contribution in [2.24, 2.45) is 5.92 Å². The second-order valence-corrected chi connectivity index (χ2v) is 8.50. The fourth-order valence-corrected chi connectivity index (χ4v) is 4.63. The molecule has 1 aliphatic rings. The van der Waals surface area contributed by atoms with E-state index in [1.165, 1.54) is 18.2 Å². The fourth-order valence-electron chi connectivity index (χ4n) is 2.60. The third-order valence-corrected chi connectivity index (χ3v) is 5.97. The highest BCUT2D eigenvalue weighted by Gasteiger charge is 2.29. The van der Waals surface area contributed by atoms with Crippen LogP contribution in [0.25, 0.3) is 0 Å². The van der Waals surface area contributed by atoms with E-state index in [-0.39, 0.29) is 27.8 Å². The zero-order valence-corrected chi connectivity index (χ0v) is 15.4. The summed E-state index contributed by atoms with van der Waals surface area (Å²) in [6.45, 7) is 4.70. The Hall–Kier alpha value is -0.820. The van der Waals surface area contributed by atoms with Crippen LogP contribution in [0.2, 0.25) is 10.0 Å². The Bertz CT molecular complexity index is 692. The zero-order valence-electron chi connectivity index (χ0n) is 13.1. The number of rotatable bonds is 4. The number of piperidine rings is 1. The molecule has 1 amide bonds. The molecule has 1 atom stereocenters. The second-order valence-electron chi connectivity index (χ2n) is 5.97. The van der Waals surface area contributed by atoms with Crippen LogP contribution in [0, 0.1) is 5.92 Å². The van der Waals surface area contributed by atoms with Crippen molar-refractivity contribution in [1.29, 1.82) is 0 Å². The van der Waals surface area contributed by atoms with Gasteiger partial charge in [-0.15, -0.1) is 0 Å². The second kappa shape index (κ2) is 7.38. The SMILES string of the molecule is CC(C)C(=O)N1CCCC(NS(=O)(=O)c2cc(Cl)ccc2Cl)C1. The lowest BCUT2D eigenvalue weighted by Crippen LogP contribution is -2.50. The number of benzene rings is 1. The predicted octanol–water partition coefficient (Wildman–Crippen LogP) is 2.92. The average molecular weight is 379 g/mol. The minimum atomic E-state index is -3.79. The van der Waals surface area contributed by atoms with Crippen molar-refractivity contribution in [3.63, 3.8) is 0 Å². The fraction of sp³-hybridized carbons (Fsp3) is 0.533. The number of amides is 1. The van der Waals surface area contributed by atoms with Gasteiger partial charge in [-0.3, -0.25) is 4.79 Å². The van der Waals surface area contributed by atoms with Gasteiger partial charge in [0.1, 0.15) is 4.90 Å². The molecule has 23 heavy (non-hydrogen) atoms. The molecule has 0 aromatic heterocycles. The monoisotopic (exact) mass is 378 g/mol. The molecule has 2 rings (SSSR count). The molecule has 0 aliphatic carbocycles. The van der Waals surface area contributed by atoms with Crippen LogP contribution in [0.5, 0.6) is 0 Å². The summed E-state index contributed by atoms with van der Waals surface area (Å²) >= 11 is 11.8. The summed E-state index contributed by atoms with van der Waals surface area (Å²) < 4.78 is 27.7. The number of nitrogens with zero attached hydrogens (tertiary/aromatic N) is 1. The maximum atomic E-state index is 12.5. The van der Waals surface area contributed by atoms with Crippen molar-refractivity contribution in [2.75, 3.05) is 13.1 Å². The molecule has 1 N–H and O–H groups in total. The Balaban J connectivity index is 2.14. The van der Waals surface area contributed by atoms with E-state index in [0.717, 1.165) is 6.42 Å². The van der Waals surface area contributed by atoms with E-state index in [4.69, 9.17) is 23.2 Å². The Morgan fingerprint density at radius 1 is 1.35 bits per heavy atom. The summed E-state index contributed by atoms with van der Waals surface area (Å²) in [4.78, 5) is 13.8. The quantitative estimate of drug-likeness (QED) is 0.875. The summed E-state index contributed by atoms with van der Waals surface area (Å²) in [7, 11) is -3.79. The van der Waals surface area contributed by atoms with Crippen LogP contribution in [0.1, 0.15) is 26.7 Å². The van der Waals surface area contributed by atoms with Crippen molar-refractivity contribution in [1.82, 2.24) is 9.62 Å². The van der Waals surface area contributed by atoms with E-state index in [9.17, 15) is 13.2 Å². The van der Waals surface area contributed by atoms with Gasteiger partial charge in [0.25, 0.3) is 0 Å². The van der Waals surface area contributed by atoms with Gasteiger partial charge in [-0.2, -0.15) is 0 Å². The van der Waals surface area contributed by atoms with Crippen molar-refractivity contribution < 1.29 is 13.2 Å². The minimum absolute atomic E-state index is 0.0367. The van der Waals surface area contributed by atoms with Crippen molar-refractivity contribution in [3.8, 4) is 0 Å². The largest absolute Gasteiger partial charge is 0.341 e. The van der Waals surface area contributed by atoms with Gasteiger partial charge in [-0.25, -0.2) is 13.1 Å². The molecule has 8 heteroatoms. The first kappa shape index (κ1) is 18.5. The first-order chi connectivity index (χ1) is 10.7. The number of likely N-dealkylation sites (tertiary alicyclic amines) is 1. The van der Waals surface area contributed by atoms with Gasteiger partial charge in [0.2, 0.25) is 15.9 Å². The molecular formula is C15H20Cl2N2O3S. The molecule has 1 unspecified atom stereocenters. The van der Waals surface area contributed by atoms with Crippen LogP contribution in [-0.2, 0) is 14.8 Å². The lowest BCUT2D eigenvalue weighted by atomic mass is 10.0. The topological polar surface area (TPSA) is 66.5 Å². The first-order valence-electron chi connectivity index (χ1n) is 7.47. The molecule has 5 nitrogen and oxygen atoms in total. The molecule has 0 saturated carbocycles.